The Kier molecular flexibility index (Phi) is 7.96. The molecule has 0 fully saturated rings. The average Bonchev–Trinajstić information content (AvgIpc) is 2.45. The van der Waals surface area contributed by atoms with Gasteiger partial charge in [-0.05, 0) is 25.1 Å². The fourth-order valence-corrected chi connectivity index (χ4v) is 1.94. The Morgan fingerprint density at radius 3 is 2.81 bits per heavy atom. The van der Waals surface area contributed by atoms with Crippen LogP contribution in [0.4, 0.5) is 5.69 Å². The number of nitrogens with one attached hydrogen (secondary N) is 3. The third-order valence-electron chi connectivity index (χ3n) is 2.68. The fourth-order valence-electron chi connectivity index (χ4n) is 1.54. The summed E-state index contributed by atoms with van der Waals surface area (Å²) in [6.45, 7) is 2.67. The molecule has 0 saturated carbocycles. The second kappa shape index (κ2) is 9.49. The van der Waals surface area contributed by atoms with Crippen LogP contribution in [0.1, 0.15) is 6.92 Å². The van der Waals surface area contributed by atoms with Gasteiger partial charge in [0.1, 0.15) is 0 Å². The Morgan fingerprint density at radius 2 is 2.14 bits per heavy atom. The van der Waals surface area contributed by atoms with E-state index in [1.54, 1.807) is 26.2 Å². The molecule has 1 unspecified atom stereocenters. The molecule has 0 heterocycles. The van der Waals surface area contributed by atoms with Crippen LogP contribution in [0.5, 0.6) is 0 Å². The van der Waals surface area contributed by atoms with E-state index in [1.807, 2.05) is 12.1 Å². The number of halogens is 1. The standard InChI is InChI=1S/C14H20BrN3O3/c1-10(14(20)16-6-7-21-2)17-9-13(19)18-12-5-3-4-11(15)8-12/h3-5,8,10,17H,6-7,9H2,1-2H3,(H,16,20)(H,18,19). The number of rotatable bonds is 8. The molecular formula is C14H20BrN3O3. The minimum atomic E-state index is -0.449. The SMILES string of the molecule is COCCNC(=O)C(C)NCC(=O)Nc1cccc(Br)c1. The summed E-state index contributed by atoms with van der Waals surface area (Å²) in [5.41, 5.74) is 0.702. The topological polar surface area (TPSA) is 79.5 Å². The fraction of sp³-hybridized carbons (Fsp3) is 0.429. The van der Waals surface area contributed by atoms with Crippen LogP contribution < -0.4 is 16.0 Å². The minimum Gasteiger partial charge on any atom is -0.383 e. The van der Waals surface area contributed by atoms with Crippen LogP contribution in [0, 0.1) is 0 Å². The number of benzene rings is 1. The van der Waals surface area contributed by atoms with Crippen molar-refractivity contribution in [3.8, 4) is 0 Å². The Bertz CT molecular complexity index is 482. The maximum absolute atomic E-state index is 11.8. The largest absolute Gasteiger partial charge is 0.383 e. The molecule has 1 atom stereocenters. The van der Waals surface area contributed by atoms with E-state index < -0.39 is 6.04 Å². The lowest BCUT2D eigenvalue weighted by Crippen LogP contribution is -2.45. The molecule has 1 aromatic carbocycles. The normalized spacial score (nSPS) is 11.8. The lowest BCUT2D eigenvalue weighted by Gasteiger charge is -2.14. The first-order valence-electron chi connectivity index (χ1n) is 6.58. The Hall–Kier alpha value is -1.44. The highest BCUT2D eigenvalue weighted by molar-refractivity contribution is 9.10. The monoisotopic (exact) mass is 357 g/mol. The first kappa shape index (κ1) is 17.6. The van der Waals surface area contributed by atoms with Crippen molar-refractivity contribution in [2.24, 2.45) is 0 Å². The summed E-state index contributed by atoms with van der Waals surface area (Å²) in [5.74, 6) is -0.369. The number of carbonyl (C=O) groups is 2. The van der Waals surface area contributed by atoms with Crippen LogP contribution in [0.15, 0.2) is 28.7 Å². The van der Waals surface area contributed by atoms with E-state index >= 15 is 0 Å². The zero-order valence-electron chi connectivity index (χ0n) is 12.1. The van der Waals surface area contributed by atoms with E-state index in [2.05, 4.69) is 31.9 Å². The predicted octanol–water partition coefficient (Wildman–Crippen LogP) is 1.13. The third kappa shape index (κ3) is 7.22. The molecular weight excluding hydrogens is 338 g/mol. The summed E-state index contributed by atoms with van der Waals surface area (Å²) < 4.78 is 5.73. The first-order valence-corrected chi connectivity index (χ1v) is 7.37. The van der Waals surface area contributed by atoms with Gasteiger partial charge in [0.15, 0.2) is 0 Å². The summed E-state index contributed by atoms with van der Waals surface area (Å²) in [6.07, 6.45) is 0. The number of amides is 2. The smallest absolute Gasteiger partial charge is 0.238 e. The number of hydrogen-bond acceptors (Lipinski definition) is 4. The molecule has 0 radical (unpaired) electrons. The highest BCUT2D eigenvalue weighted by Crippen LogP contribution is 2.15. The van der Waals surface area contributed by atoms with E-state index in [-0.39, 0.29) is 18.4 Å². The number of ether oxygens (including phenoxy) is 1. The van der Waals surface area contributed by atoms with E-state index in [4.69, 9.17) is 4.74 Å². The summed E-state index contributed by atoms with van der Waals surface area (Å²) in [5, 5.41) is 8.31. The van der Waals surface area contributed by atoms with E-state index in [9.17, 15) is 9.59 Å². The molecule has 6 nitrogen and oxygen atoms in total. The van der Waals surface area contributed by atoms with Gasteiger partial charge in [-0.25, -0.2) is 0 Å². The van der Waals surface area contributed by atoms with Crippen molar-refractivity contribution >= 4 is 33.4 Å². The van der Waals surface area contributed by atoms with Crippen LogP contribution in [-0.2, 0) is 14.3 Å². The highest BCUT2D eigenvalue weighted by Gasteiger charge is 2.13. The average molecular weight is 358 g/mol. The lowest BCUT2D eigenvalue weighted by molar-refractivity contribution is -0.123. The molecule has 0 aliphatic rings. The second-order valence-corrected chi connectivity index (χ2v) is 5.36. The number of methoxy groups -OCH3 is 1. The molecule has 116 valence electrons. The lowest BCUT2D eigenvalue weighted by atomic mass is 10.3. The van der Waals surface area contributed by atoms with Gasteiger partial charge in [0.05, 0.1) is 19.2 Å². The van der Waals surface area contributed by atoms with Gasteiger partial charge in [0, 0.05) is 23.8 Å². The summed E-state index contributed by atoms with van der Waals surface area (Å²) in [6, 6.07) is 6.86. The molecule has 3 N–H and O–H groups in total. The second-order valence-electron chi connectivity index (χ2n) is 4.44. The van der Waals surface area contributed by atoms with Crippen LogP contribution in [0.3, 0.4) is 0 Å². The molecule has 1 rings (SSSR count). The molecule has 1 aromatic rings. The van der Waals surface area contributed by atoms with E-state index in [0.717, 1.165) is 4.47 Å². The first-order chi connectivity index (χ1) is 10.0. The van der Waals surface area contributed by atoms with E-state index in [0.29, 0.717) is 18.8 Å². The molecule has 0 aromatic heterocycles. The van der Waals surface area contributed by atoms with Crippen LogP contribution in [0.25, 0.3) is 0 Å². The number of hydrogen-bond donors (Lipinski definition) is 3. The molecule has 0 bridgehead atoms. The van der Waals surface area contributed by atoms with Crippen molar-refractivity contribution in [1.82, 2.24) is 10.6 Å². The van der Waals surface area contributed by atoms with Gasteiger partial charge in [-0.1, -0.05) is 22.0 Å². The maximum atomic E-state index is 11.8. The molecule has 0 aliphatic heterocycles. The maximum Gasteiger partial charge on any atom is 0.238 e. The zero-order chi connectivity index (χ0) is 15.7. The van der Waals surface area contributed by atoms with Crippen LogP contribution >= 0.6 is 15.9 Å². The molecule has 7 heteroatoms. The summed E-state index contributed by atoms with van der Waals surface area (Å²) in [7, 11) is 1.57. The molecule has 0 spiro atoms. The van der Waals surface area contributed by atoms with E-state index in [1.165, 1.54) is 0 Å². The van der Waals surface area contributed by atoms with Crippen molar-refractivity contribution in [2.45, 2.75) is 13.0 Å². The van der Waals surface area contributed by atoms with Gasteiger partial charge in [0.25, 0.3) is 0 Å². The van der Waals surface area contributed by atoms with Gasteiger partial charge >= 0.3 is 0 Å². The quantitative estimate of drug-likeness (QED) is 0.609. The summed E-state index contributed by atoms with van der Waals surface area (Å²) in [4.78, 5) is 23.4. The third-order valence-corrected chi connectivity index (χ3v) is 3.17. The predicted molar refractivity (Wildman–Crippen MR) is 85.1 cm³/mol. The van der Waals surface area contributed by atoms with Gasteiger partial charge in [-0.2, -0.15) is 0 Å². The Labute approximate surface area is 132 Å². The van der Waals surface area contributed by atoms with Gasteiger partial charge < -0.3 is 15.4 Å². The van der Waals surface area contributed by atoms with Crippen molar-refractivity contribution in [3.63, 3.8) is 0 Å². The Balaban J connectivity index is 2.30. The van der Waals surface area contributed by atoms with Gasteiger partial charge in [-0.3, -0.25) is 14.9 Å². The van der Waals surface area contributed by atoms with Crippen molar-refractivity contribution in [3.05, 3.63) is 28.7 Å². The van der Waals surface area contributed by atoms with Gasteiger partial charge in [-0.15, -0.1) is 0 Å². The number of anilines is 1. The van der Waals surface area contributed by atoms with Crippen LogP contribution in [0.2, 0.25) is 0 Å². The zero-order valence-corrected chi connectivity index (χ0v) is 13.7. The van der Waals surface area contributed by atoms with Crippen LogP contribution in [-0.4, -0.2) is 44.7 Å². The molecule has 2 amide bonds. The molecule has 21 heavy (non-hydrogen) atoms. The van der Waals surface area contributed by atoms with Crippen molar-refractivity contribution in [2.75, 3.05) is 32.1 Å². The van der Waals surface area contributed by atoms with Crippen molar-refractivity contribution < 1.29 is 14.3 Å². The Morgan fingerprint density at radius 1 is 1.38 bits per heavy atom. The molecule has 0 aliphatic carbocycles. The summed E-state index contributed by atoms with van der Waals surface area (Å²) >= 11 is 3.33. The minimum absolute atomic E-state index is 0.0609. The molecule has 0 saturated heterocycles. The number of carbonyl (C=O) groups excluding carboxylic acids is 2. The van der Waals surface area contributed by atoms with Gasteiger partial charge in [0.2, 0.25) is 11.8 Å². The van der Waals surface area contributed by atoms with Crippen molar-refractivity contribution in [1.29, 1.82) is 0 Å². The highest BCUT2D eigenvalue weighted by atomic mass is 79.9.